The van der Waals surface area contributed by atoms with Crippen LogP contribution in [0.1, 0.15) is 31.7 Å². The number of benzene rings is 1. The third kappa shape index (κ3) is 2.99. The van der Waals surface area contributed by atoms with Gasteiger partial charge >= 0.3 is 5.97 Å². The highest BCUT2D eigenvalue weighted by atomic mass is 19.1. The van der Waals surface area contributed by atoms with E-state index in [1.807, 2.05) is 0 Å². The van der Waals surface area contributed by atoms with E-state index in [0.717, 1.165) is 19.4 Å². The third-order valence-electron chi connectivity index (χ3n) is 3.89. The van der Waals surface area contributed by atoms with E-state index in [9.17, 15) is 14.3 Å². The van der Waals surface area contributed by atoms with Crippen LogP contribution in [0.15, 0.2) is 24.3 Å². The van der Waals surface area contributed by atoms with Gasteiger partial charge in [-0.25, -0.2) is 9.18 Å². The number of halogens is 1. The highest BCUT2D eigenvalue weighted by Crippen LogP contribution is 2.26. The molecule has 2 N–H and O–H groups in total. The van der Waals surface area contributed by atoms with Crippen molar-refractivity contribution in [2.45, 2.75) is 37.8 Å². The number of carboxylic acids is 1. The van der Waals surface area contributed by atoms with Gasteiger partial charge in [-0.2, -0.15) is 0 Å². The summed E-state index contributed by atoms with van der Waals surface area (Å²) < 4.78 is 18.5. The molecule has 20 heavy (non-hydrogen) atoms. The highest BCUT2D eigenvalue weighted by Gasteiger charge is 2.39. The van der Waals surface area contributed by atoms with Crippen LogP contribution in [0.5, 0.6) is 0 Å². The van der Waals surface area contributed by atoms with Gasteiger partial charge in [0.15, 0.2) is 0 Å². The molecule has 0 spiro atoms. The van der Waals surface area contributed by atoms with Gasteiger partial charge in [0, 0.05) is 13.2 Å². The summed E-state index contributed by atoms with van der Waals surface area (Å²) >= 11 is 0. The van der Waals surface area contributed by atoms with Gasteiger partial charge in [-0.3, -0.25) is 5.32 Å². The molecule has 0 saturated carbocycles. The molecule has 1 aliphatic heterocycles. The molecule has 0 aromatic heterocycles. The zero-order chi connectivity index (χ0) is 14.6. The van der Waals surface area contributed by atoms with E-state index in [0.29, 0.717) is 18.5 Å². The first-order valence-electron chi connectivity index (χ1n) is 6.94. The van der Waals surface area contributed by atoms with Crippen LogP contribution >= 0.6 is 0 Å². The van der Waals surface area contributed by atoms with Crippen LogP contribution in [0.25, 0.3) is 0 Å². The van der Waals surface area contributed by atoms with Crippen molar-refractivity contribution in [3.8, 4) is 0 Å². The minimum Gasteiger partial charge on any atom is -0.480 e. The van der Waals surface area contributed by atoms with E-state index in [1.54, 1.807) is 6.92 Å². The number of hydrogen-bond acceptors (Lipinski definition) is 3. The van der Waals surface area contributed by atoms with Gasteiger partial charge < -0.3 is 9.84 Å². The van der Waals surface area contributed by atoms with Crippen LogP contribution in [0, 0.1) is 5.82 Å². The third-order valence-corrected chi connectivity index (χ3v) is 3.89. The first-order chi connectivity index (χ1) is 9.58. The number of hydrogen-bond donors (Lipinski definition) is 2. The lowest BCUT2D eigenvalue weighted by Crippen LogP contribution is -2.51. The molecule has 0 bridgehead atoms. The lowest BCUT2D eigenvalue weighted by molar-refractivity contribution is -0.145. The second-order valence-electron chi connectivity index (χ2n) is 5.09. The Morgan fingerprint density at radius 3 is 2.70 bits per heavy atom. The minimum absolute atomic E-state index is 0.0562. The Morgan fingerprint density at radius 2 is 2.20 bits per heavy atom. The van der Waals surface area contributed by atoms with Crippen molar-refractivity contribution in [2.24, 2.45) is 0 Å². The summed E-state index contributed by atoms with van der Waals surface area (Å²) in [5.41, 5.74) is -0.633. The SMILES string of the molecule is CCC(NCC1CCCO1)(C(=O)O)c1ccc(F)cc1. The monoisotopic (exact) mass is 281 g/mol. The van der Waals surface area contributed by atoms with Crippen LogP contribution in [0.2, 0.25) is 0 Å². The maximum absolute atomic E-state index is 13.0. The summed E-state index contributed by atoms with van der Waals surface area (Å²) in [6, 6.07) is 5.62. The Kier molecular flexibility index (Phi) is 4.73. The Balaban J connectivity index is 2.19. The zero-order valence-electron chi connectivity index (χ0n) is 11.6. The van der Waals surface area contributed by atoms with Crippen LogP contribution < -0.4 is 5.32 Å². The fourth-order valence-electron chi connectivity index (χ4n) is 2.61. The largest absolute Gasteiger partial charge is 0.480 e. The molecule has 1 heterocycles. The second-order valence-corrected chi connectivity index (χ2v) is 5.09. The van der Waals surface area contributed by atoms with Gasteiger partial charge in [0.1, 0.15) is 11.4 Å². The number of nitrogens with one attached hydrogen (secondary N) is 1. The molecule has 1 saturated heterocycles. The van der Waals surface area contributed by atoms with Crippen molar-refractivity contribution in [3.63, 3.8) is 0 Å². The molecule has 1 aromatic rings. The second kappa shape index (κ2) is 6.33. The number of ether oxygens (including phenoxy) is 1. The quantitative estimate of drug-likeness (QED) is 0.840. The average molecular weight is 281 g/mol. The molecule has 1 fully saturated rings. The number of aliphatic carboxylic acids is 1. The van der Waals surface area contributed by atoms with E-state index in [1.165, 1.54) is 24.3 Å². The molecule has 0 aliphatic carbocycles. The van der Waals surface area contributed by atoms with Gasteiger partial charge in [-0.05, 0) is 37.0 Å². The smallest absolute Gasteiger partial charge is 0.328 e. The molecule has 1 aromatic carbocycles. The van der Waals surface area contributed by atoms with Crippen LogP contribution in [0.3, 0.4) is 0 Å². The van der Waals surface area contributed by atoms with Crippen LogP contribution in [-0.4, -0.2) is 30.3 Å². The number of carboxylic acid groups (broad SMARTS) is 1. The first kappa shape index (κ1) is 14.9. The lowest BCUT2D eigenvalue weighted by Gasteiger charge is -2.31. The summed E-state index contributed by atoms with van der Waals surface area (Å²) in [6.45, 7) is 3.02. The maximum Gasteiger partial charge on any atom is 0.328 e. The van der Waals surface area contributed by atoms with Gasteiger partial charge in [-0.1, -0.05) is 19.1 Å². The molecule has 4 nitrogen and oxygen atoms in total. The lowest BCUT2D eigenvalue weighted by atomic mass is 9.87. The van der Waals surface area contributed by atoms with E-state index in [4.69, 9.17) is 4.74 Å². The molecule has 110 valence electrons. The van der Waals surface area contributed by atoms with Crippen LogP contribution in [-0.2, 0) is 15.1 Å². The Morgan fingerprint density at radius 1 is 1.50 bits per heavy atom. The van der Waals surface area contributed by atoms with E-state index < -0.39 is 11.5 Å². The fourth-order valence-corrected chi connectivity index (χ4v) is 2.61. The summed E-state index contributed by atoms with van der Waals surface area (Å²) in [4.78, 5) is 11.7. The van der Waals surface area contributed by atoms with E-state index in [2.05, 4.69) is 5.32 Å². The summed E-state index contributed by atoms with van der Waals surface area (Å²) in [6.07, 6.45) is 2.38. The van der Waals surface area contributed by atoms with Crippen molar-refractivity contribution >= 4 is 5.97 Å². The Hall–Kier alpha value is -1.46. The molecule has 0 radical (unpaired) electrons. The first-order valence-corrected chi connectivity index (χ1v) is 6.94. The normalized spacial score (nSPS) is 21.6. The van der Waals surface area contributed by atoms with Gasteiger partial charge in [0.25, 0.3) is 0 Å². The van der Waals surface area contributed by atoms with Crippen molar-refractivity contribution in [1.82, 2.24) is 5.32 Å². The molecule has 5 heteroatoms. The van der Waals surface area contributed by atoms with Crippen molar-refractivity contribution in [3.05, 3.63) is 35.6 Å². The molecule has 1 aliphatic rings. The van der Waals surface area contributed by atoms with Crippen molar-refractivity contribution < 1.29 is 19.0 Å². The molecule has 2 rings (SSSR count). The predicted octanol–water partition coefficient (Wildman–Crippen LogP) is 2.28. The minimum atomic E-state index is -1.19. The average Bonchev–Trinajstić information content (AvgIpc) is 2.94. The molecular formula is C15H20FNO3. The van der Waals surface area contributed by atoms with Crippen LogP contribution in [0.4, 0.5) is 4.39 Å². The summed E-state index contributed by atoms with van der Waals surface area (Å²) in [5, 5.41) is 12.7. The number of carbonyl (C=O) groups is 1. The van der Waals surface area contributed by atoms with E-state index >= 15 is 0 Å². The van der Waals surface area contributed by atoms with E-state index in [-0.39, 0.29) is 11.9 Å². The predicted molar refractivity (Wildman–Crippen MR) is 73.0 cm³/mol. The standard InChI is InChI=1S/C15H20FNO3/c1-2-15(14(18)19,11-5-7-12(16)8-6-11)17-10-13-4-3-9-20-13/h5-8,13,17H,2-4,9-10H2,1H3,(H,18,19). The maximum atomic E-state index is 13.0. The highest BCUT2D eigenvalue weighted by molar-refractivity contribution is 5.80. The molecule has 2 unspecified atom stereocenters. The Bertz CT molecular complexity index is 457. The molecule has 0 amide bonds. The van der Waals surface area contributed by atoms with Gasteiger partial charge in [-0.15, -0.1) is 0 Å². The zero-order valence-corrected chi connectivity index (χ0v) is 11.6. The van der Waals surface area contributed by atoms with Gasteiger partial charge in [0.05, 0.1) is 6.10 Å². The van der Waals surface area contributed by atoms with Gasteiger partial charge in [0.2, 0.25) is 0 Å². The molecule has 2 atom stereocenters. The Labute approximate surface area is 117 Å². The van der Waals surface area contributed by atoms with Crippen molar-refractivity contribution in [2.75, 3.05) is 13.2 Å². The number of rotatable bonds is 6. The van der Waals surface area contributed by atoms with Crippen molar-refractivity contribution in [1.29, 1.82) is 0 Å². The summed E-state index contributed by atoms with van der Waals surface area (Å²) in [5.74, 6) is -1.33. The molecular weight excluding hydrogens is 261 g/mol. The topological polar surface area (TPSA) is 58.6 Å². The summed E-state index contributed by atoms with van der Waals surface area (Å²) in [7, 11) is 0. The fraction of sp³-hybridized carbons (Fsp3) is 0.533.